The predicted molar refractivity (Wildman–Crippen MR) is 94.6 cm³/mol. The third kappa shape index (κ3) is 5.16. The van der Waals surface area contributed by atoms with E-state index in [1.54, 1.807) is 12.1 Å². The minimum absolute atomic E-state index is 0.424. The molecule has 2 rings (SSSR count). The van der Waals surface area contributed by atoms with E-state index < -0.39 is 5.97 Å². The fraction of sp³-hybridized carbons (Fsp3) is 0.250. The van der Waals surface area contributed by atoms with E-state index >= 15 is 0 Å². The summed E-state index contributed by atoms with van der Waals surface area (Å²) in [5.41, 5.74) is 1.88. The summed E-state index contributed by atoms with van der Waals surface area (Å²) in [6.45, 7) is 6.89. The summed E-state index contributed by atoms with van der Waals surface area (Å²) >= 11 is 0. The average Bonchev–Trinajstić information content (AvgIpc) is 2.55. The largest absolute Gasteiger partial charge is 0.490 e. The summed E-state index contributed by atoms with van der Waals surface area (Å²) in [6.07, 6.45) is 3.09. The highest BCUT2D eigenvalue weighted by Gasteiger charge is 2.06. The van der Waals surface area contributed by atoms with Crippen molar-refractivity contribution < 1.29 is 19.0 Å². The van der Waals surface area contributed by atoms with Crippen LogP contribution in [0.2, 0.25) is 0 Å². The second-order valence-corrected chi connectivity index (χ2v) is 5.14. The van der Waals surface area contributed by atoms with Gasteiger partial charge >= 0.3 is 5.97 Å². The number of hydrogen-bond donors (Lipinski definition) is 0. The number of aryl methyl sites for hydroxylation is 1. The zero-order valence-electron chi connectivity index (χ0n) is 14.2. The van der Waals surface area contributed by atoms with Crippen LogP contribution >= 0.6 is 0 Å². The first-order valence-electron chi connectivity index (χ1n) is 7.98. The number of carbonyl (C=O) groups excluding carboxylic acids is 1. The molecule has 0 N–H and O–H groups in total. The molecule has 0 saturated heterocycles. The molecular formula is C20H22O4. The number of esters is 1. The van der Waals surface area contributed by atoms with Gasteiger partial charge in [0.25, 0.3) is 0 Å². The molecule has 126 valence electrons. The highest BCUT2D eigenvalue weighted by atomic mass is 16.5. The molecule has 2 aromatic carbocycles. The van der Waals surface area contributed by atoms with Crippen LogP contribution in [0.5, 0.6) is 17.2 Å². The topological polar surface area (TPSA) is 44.8 Å². The molecule has 24 heavy (non-hydrogen) atoms. The quantitative estimate of drug-likeness (QED) is 0.429. The Morgan fingerprint density at radius 3 is 2.46 bits per heavy atom. The van der Waals surface area contributed by atoms with Crippen LogP contribution in [0.25, 0.3) is 6.08 Å². The predicted octanol–water partition coefficient (Wildman–Crippen LogP) is 4.41. The van der Waals surface area contributed by atoms with Crippen LogP contribution in [0.3, 0.4) is 0 Å². The molecule has 0 spiro atoms. The Kier molecular flexibility index (Phi) is 6.43. The van der Waals surface area contributed by atoms with E-state index in [1.807, 2.05) is 57.2 Å². The Morgan fingerprint density at radius 2 is 1.75 bits per heavy atom. The molecule has 2 aromatic rings. The maximum Gasteiger partial charge on any atom is 0.336 e. The summed E-state index contributed by atoms with van der Waals surface area (Å²) in [6, 6.07) is 12.9. The molecule has 4 nitrogen and oxygen atoms in total. The molecule has 0 heterocycles. The van der Waals surface area contributed by atoms with Crippen LogP contribution in [0.1, 0.15) is 25.0 Å². The second-order valence-electron chi connectivity index (χ2n) is 5.14. The molecule has 0 unspecified atom stereocenters. The van der Waals surface area contributed by atoms with Gasteiger partial charge in [-0.1, -0.05) is 18.2 Å². The van der Waals surface area contributed by atoms with Crippen LogP contribution in [0, 0.1) is 6.92 Å². The first-order valence-corrected chi connectivity index (χ1v) is 7.98. The van der Waals surface area contributed by atoms with Gasteiger partial charge in [0.1, 0.15) is 5.75 Å². The molecule has 4 heteroatoms. The van der Waals surface area contributed by atoms with E-state index in [-0.39, 0.29) is 0 Å². The molecule has 0 radical (unpaired) electrons. The van der Waals surface area contributed by atoms with Gasteiger partial charge in [0.05, 0.1) is 13.2 Å². The third-order valence-electron chi connectivity index (χ3n) is 3.19. The van der Waals surface area contributed by atoms with E-state index in [1.165, 1.54) is 6.08 Å². The molecule has 0 atom stereocenters. The summed E-state index contributed by atoms with van der Waals surface area (Å²) < 4.78 is 16.4. The van der Waals surface area contributed by atoms with Gasteiger partial charge in [-0.2, -0.15) is 0 Å². The molecule has 0 aliphatic carbocycles. The van der Waals surface area contributed by atoms with E-state index in [0.717, 1.165) is 11.1 Å². The summed E-state index contributed by atoms with van der Waals surface area (Å²) in [5.74, 6) is 1.46. The average molecular weight is 326 g/mol. The first-order chi connectivity index (χ1) is 11.6. The number of benzene rings is 2. The number of ether oxygens (including phenoxy) is 3. The van der Waals surface area contributed by atoms with E-state index in [4.69, 9.17) is 14.2 Å². The van der Waals surface area contributed by atoms with Crippen molar-refractivity contribution >= 4 is 12.0 Å². The Balaban J connectivity index is 2.07. The molecule has 0 aliphatic heterocycles. The highest BCUT2D eigenvalue weighted by molar-refractivity contribution is 5.88. The van der Waals surface area contributed by atoms with Crippen molar-refractivity contribution in [2.24, 2.45) is 0 Å². The number of carbonyl (C=O) groups is 1. The van der Waals surface area contributed by atoms with Crippen molar-refractivity contribution in [1.29, 1.82) is 0 Å². The third-order valence-corrected chi connectivity index (χ3v) is 3.19. The van der Waals surface area contributed by atoms with Crippen LogP contribution in [-0.2, 0) is 4.79 Å². The minimum Gasteiger partial charge on any atom is -0.490 e. The number of hydrogen-bond acceptors (Lipinski definition) is 4. The zero-order chi connectivity index (χ0) is 17.4. The SMILES string of the molecule is CCOc1ccc(/C=C/C(=O)Oc2cccc(C)c2)cc1OCC. The van der Waals surface area contributed by atoms with E-state index in [2.05, 4.69) is 0 Å². The Hall–Kier alpha value is -2.75. The van der Waals surface area contributed by atoms with Crippen LogP contribution in [-0.4, -0.2) is 19.2 Å². The van der Waals surface area contributed by atoms with Crippen LogP contribution < -0.4 is 14.2 Å². The van der Waals surface area contributed by atoms with E-state index in [0.29, 0.717) is 30.5 Å². The lowest BCUT2D eigenvalue weighted by atomic mass is 10.2. The lowest BCUT2D eigenvalue weighted by molar-refractivity contribution is -0.128. The normalized spacial score (nSPS) is 10.6. The second kappa shape index (κ2) is 8.77. The maximum absolute atomic E-state index is 11.9. The Morgan fingerprint density at radius 1 is 1.00 bits per heavy atom. The van der Waals surface area contributed by atoms with E-state index in [9.17, 15) is 4.79 Å². The smallest absolute Gasteiger partial charge is 0.336 e. The summed E-state index contributed by atoms with van der Waals surface area (Å²) in [4.78, 5) is 11.9. The summed E-state index contributed by atoms with van der Waals surface area (Å²) in [7, 11) is 0. The molecular weight excluding hydrogens is 304 g/mol. The molecule has 0 aliphatic rings. The molecule has 0 fully saturated rings. The lowest BCUT2D eigenvalue weighted by Crippen LogP contribution is -2.03. The monoisotopic (exact) mass is 326 g/mol. The minimum atomic E-state index is -0.424. The molecule has 0 saturated carbocycles. The summed E-state index contributed by atoms with van der Waals surface area (Å²) in [5, 5.41) is 0. The van der Waals surface area contributed by atoms with Gasteiger partial charge in [-0.3, -0.25) is 0 Å². The van der Waals surface area contributed by atoms with Gasteiger partial charge in [0, 0.05) is 6.08 Å². The zero-order valence-corrected chi connectivity index (χ0v) is 14.2. The van der Waals surface area contributed by atoms with Gasteiger partial charge in [-0.25, -0.2) is 4.79 Å². The lowest BCUT2D eigenvalue weighted by Gasteiger charge is -2.11. The van der Waals surface area contributed by atoms with Gasteiger partial charge < -0.3 is 14.2 Å². The molecule has 0 bridgehead atoms. The van der Waals surface area contributed by atoms with Gasteiger partial charge in [-0.05, 0) is 62.2 Å². The molecule has 0 aromatic heterocycles. The fourth-order valence-electron chi connectivity index (χ4n) is 2.16. The van der Waals surface area contributed by atoms with Crippen LogP contribution in [0.15, 0.2) is 48.5 Å². The highest BCUT2D eigenvalue weighted by Crippen LogP contribution is 2.29. The van der Waals surface area contributed by atoms with Crippen molar-refractivity contribution in [3.63, 3.8) is 0 Å². The Labute approximate surface area is 142 Å². The fourth-order valence-corrected chi connectivity index (χ4v) is 2.16. The number of rotatable bonds is 7. The van der Waals surface area contributed by atoms with Crippen molar-refractivity contribution in [3.8, 4) is 17.2 Å². The maximum atomic E-state index is 11.9. The van der Waals surface area contributed by atoms with Crippen LogP contribution in [0.4, 0.5) is 0 Å². The Bertz CT molecular complexity index is 719. The van der Waals surface area contributed by atoms with Crippen molar-refractivity contribution in [3.05, 3.63) is 59.7 Å². The van der Waals surface area contributed by atoms with Crippen molar-refractivity contribution in [1.82, 2.24) is 0 Å². The van der Waals surface area contributed by atoms with Gasteiger partial charge in [0.2, 0.25) is 0 Å². The van der Waals surface area contributed by atoms with Gasteiger partial charge in [-0.15, -0.1) is 0 Å². The molecule has 0 amide bonds. The van der Waals surface area contributed by atoms with Crippen molar-refractivity contribution in [2.45, 2.75) is 20.8 Å². The standard InChI is InChI=1S/C20H22O4/c1-4-22-18-11-9-16(14-19(18)23-5-2)10-12-20(21)24-17-8-6-7-15(3)13-17/h6-14H,4-5H2,1-3H3/b12-10+. The van der Waals surface area contributed by atoms with Gasteiger partial charge in [0.15, 0.2) is 11.5 Å². The van der Waals surface area contributed by atoms with Crippen molar-refractivity contribution in [2.75, 3.05) is 13.2 Å². The first kappa shape index (κ1) is 17.6.